The van der Waals surface area contributed by atoms with E-state index in [1.54, 1.807) is 17.5 Å². The van der Waals surface area contributed by atoms with Crippen molar-refractivity contribution >= 4 is 67.3 Å². The Morgan fingerprint density at radius 3 is 2.64 bits per heavy atom. The second kappa shape index (κ2) is 11.0. The first-order valence-corrected chi connectivity index (χ1v) is 15.5. The number of β-lactam (4-membered cyclic amide) rings is 1. The Morgan fingerprint density at radius 2 is 2.05 bits per heavy atom. The minimum absolute atomic E-state index is 0.0550. The number of nitrogens with zero attached hydrogens (tertiary/aromatic N) is 3. The summed E-state index contributed by atoms with van der Waals surface area (Å²) in [6.45, 7) is 3.71. The molecule has 1 aromatic carbocycles. The number of amides is 1. The third kappa shape index (κ3) is 5.94. The number of thiazole rings is 1. The number of aromatic nitrogens is 1. The van der Waals surface area contributed by atoms with Crippen molar-refractivity contribution in [3.05, 3.63) is 51.2 Å². The number of carbonyl (C=O) groups is 3. The van der Waals surface area contributed by atoms with Gasteiger partial charge < -0.3 is 15.7 Å². The summed E-state index contributed by atoms with van der Waals surface area (Å²) in [5.41, 5.74) is 9.14. The van der Waals surface area contributed by atoms with E-state index in [1.165, 1.54) is 23.8 Å². The zero-order chi connectivity index (χ0) is 28.6. The number of aryl methyl sites for hydroxylation is 1. The van der Waals surface area contributed by atoms with E-state index in [0.717, 1.165) is 34.3 Å². The Bertz CT molecular complexity index is 1530. The number of hydrogen-bond donors (Lipinski definition) is 3. The molecule has 1 fully saturated rings. The Kier molecular flexibility index (Phi) is 8.04. The van der Waals surface area contributed by atoms with E-state index in [1.807, 2.05) is 13.8 Å². The van der Waals surface area contributed by atoms with Crippen molar-refractivity contribution in [1.29, 1.82) is 0 Å². The molecule has 0 radical (unpaired) electrons. The van der Waals surface area contributed by atoms with Gasteiger partial charge in [-0.2, -0.15) is 0 Å². The molecule has 1 saturated heterocycles. The molecule has 2 aliphatic heterocycles. The lowest BCUT2D eigenvalue weighted by Crippen LogP contribution is -2.62. The fourth-order valence-electron chi connectivity index (χ4n) is 4.60. The number of benzene rings is 1. The van der Waals surface area contributed by atoms with Crippen LogP contribution in [-0.4, -0.2) is 71.3 Å². The molecular formula is C24H27N5O7S3. The van der Waals surface area contributed by atoms with Crippen molar-refractivity contribution in [3.63, 3.8) is 0 Å². The van der Waals surface area contributed by atoms with Gasteiger partial charge in [-0.05, 0) is 54.7 Å². The molecule has 1 amide bonds. The van der Waals surface area contributed by atoms with E-state index in [-0.39, 0.29) is 35.1 Å². The van der Waals surface area contributed by atoms with Gasteiger partial charge in [-0.15, -0.1) is 23.1 Å². The van der Waals surface area contributed by atoms with E-state index in [9.17, 15) is 27.9 Å². The third-order valence-electron chi connectivity index (χ3n) is 6.46. The number of aliphatic carboxylic acids is 1. The van der Waals surface area contributed by atoms with Gasteiger partial charge in [-0.3, -0.25) is 19.2 Å². The first-order chi connectivity index (χ1) is 18.3. The topological polar surface area (TPSA) is 181 Å². The monoisotopic (exact) mass is 593 g/mol. The number of sulfonamides is 1. The second-order valence-electron chi connectivity index (χ2n) is 9.22. The molecule has 0 bridgehead atoms. The van der Waals surface area contributed by atoms with E-state index >= 15 is 0 Å². The molecule has 0 spiro atoms. The minimum Gasteiger partial charge on any atom is -0.477 e. The van der Waals surface area contributed by atoms with Crippen LogP contribution in [0.3, 0.4) is 0 Å². The Morgan fingerprint density at radius 1 is 1.33 bits per heavy atom. The number of fused-ring (bicyclic) bond motifs is 1. The zero-order valence-corrected chi connectivity index (χ0v) is 24.0. The average Bonchev–Trinajstić information content (AvgIpc) is 3.28. The summed E-state index contributed by atoms with van der Waals surface area (Å²) in [6.07, 6.45) is 1.08. The fourth-order valence-corrected chi connectivity index (χ4v) is 7.11. The number of nitrogen functional groups attached to an aromatic ring is 1. The number of nitrogens with one attached hydrogen (secondary N) is 1. The molecule has 12 nitrogen and oxygen atoms in total. The number of oxime groups is 1. The van der Waals surface area contributed by atoms with E-state index in [4.69, 9.17) is 10.6 Å². The molecule has 208 valence electrons. The van der Waals surface area contributed by atoms with Gasteiger partial charge in [0.05, 0.1) is 17.5 Å². The highest BCUT2D eigenvalue weighted by molar-refractivity contribution is 8.00. The number of nitrogens with two attached hydrogens (primary N) is 1. The maximum Gasteiger partial charge on any atom is 0.352 e. The lowest BCUT2D eigenvalue weighted by molar-refractivity contribution is -0.153. The SMILES string of the molecule is CO/N=C(\C(=O)C[C@@H]1C(=O)N2C(C(=O)O)=C(Cc3cc(NS(C)(=O)=O)cc(C)c3C)CS[C@H]12)c1csc(N)n1. The van der Waals surface area contributed by atoms with E-state index < -0.39 is 39.0 Å². The van der Waals surface area contributed by atoms with E-state index in [0.29, 0.717) is 17.0 Å². The summed E-state index contributed by atoms with van der Waals surface area (Å²) < 4.78 is 25.9. The predicted octanol–water partition coefficient (Wildman–Crippen LogP) is 2.14. The van der Waals surface area contributed by atoms with Gasteiger partial charge in [0.25, 0.3) is 0 Å². The highest BCUT2D eigenvalue weighted by Crippen LogP contribution is 2.46. The second-order valence-corrected chi connectivity index (χ2v) is 13.0. The molecule has 4 rings (SSSR count). The summed E-state index contributed by atoms with van der Waals surface area (Å²) in [5, 5.41) is 15.1. The molecule has 4 N–H and O–H groups in total. The zero-order valence-electron chi connectivity index (χ0n) is 21.5. The van der Waals surface area contributed by atoms with Crippen LogP contribution >= 0.6 is 23.1 Å². The fraction of sp³-hybridized carbons (Fsp3) is 0.375. The Hall–Kier alpha value is -3.43. The summed E-state index contributed by atoms with van der Waals surface area (Å²) >= 11 is 2.52. The molecular weight excluding hydrogens is 566 g/mol. The molecule has 2 aromatic rings. The molecule has 0 aliphatic carbocycles. The molecule has 39 heavy (non-hydrogen) atoms. The summed E-state index contributed by atoms with van der Waals surface area (Å²) in [5.74, 6) is -2.58. The number of hydrogen-bond acceptors (Lipinski definition) is 11. The van der Waals surface area contributed by atoms with Crippen molar-refractivity contribution in [2.45, 2.75) is 32.1 Å². The first kappa shape index (κ1) is 28.6. The van der Waals surface area contributed by atoms with Gasteiger partial charge in [0.1, 0.15) is 18.5 Å². The molecule has 3 heterocycles. The first-order valence-electron chi connectivity index (χ1n) is 11.6. The van der Waals surface area contributed by atoms with Crippen LogP contribution in [-0.2, 0) is 35.7 Å². The van der Waals surface area contributed by atoms with Gasteiger partial charge in [0.15, 0.2) is 16.6 Å². The lowest BCUT2D eigenvalue weighted by Gasteiger charge is -2.49. The van der Waals surface area contributed by atoms with E-state index in [2.05, 4.69) is 14.9 Å². The van der Waals surface area contributed by atoms with Gasteiger partial charge in [0, 0.05) is 23.2 Å². The van der Waals surface area contributed by atoms with Crippen molar-refractivity contribution < 1.29 is 32.7 Å². The van der Waals surface area contributed by atoms with Gasteiger partial charge in [-0.1, -0.05) is 5.16 Å². The van der Waals surface area contributed by atoms with Crippen molar-refractivity contribution in [3.8, 4) is 0 Å². The largest absolute Gasteiger partial charge is 0.477 e. The number of anilines is 2. The van der Waals surface area contributed by atoms with Crippen molar-refractivity contribution in [2.24, 2.45) is 11.1 Å². The smallest absolute Gasteiger partial charge is 0.352 e. The van der Waals surface area contributed by atoms with Crippen LogP contribution in [0.5, 0.6) is 0 Å². The number of thioether (sulfide) groups is 1. The average molecular weight is 594 g/mol. The third-order valence-corrected chi connectivity index (χ3v) is 9.13. The molecule has 0 unspecified atom stereocenters. The highest BCUT2D eigenvalue weighted by Gasteiger charge is 2.54. The maximum absolute atomic E-state index is 13.2. The van der Waals surface area contributed by atoms with Gasteiger partial charge >= 0.3 is 5.97 Å². The van der Waals surface area contributed by atoms with Crippen molar-refractivity contribution in [1.82, 2.24) is 9.88 Å². The number of ketones is 1. The van der Waals surface area contributed by atoms with Crippen LogP contribution in [0.4, 0.5) is 10.8 Å². The molecule has 1 aromatic heterocycles. The number of rotatable bonds is 10. The number of carboxylic acids is 1. The predicted molar refractivity (Wildman–Crippen MR) is 149 cm³/mol. The van der Waals surface area contributed by atoms with Crippen LogP contribution < -0.4 is 10.5 Å². The molecule has 0 saturated carbocycles. The van der Waals surface area contributed by atoms with Gasteiger partial charge in [0.2, 0.25) is 15.9 Å². The Labute approximate surface area is 233 Å². The molecule has 2 atom stereocenters. The molecule has 15 heteroatoms. The summed E-state index contributed by atoms with van der Waals surface area (Å²) in [7, 11) is -2.21. The van der Waals surface area contributed by atoms with Crippen molar-refractivity contribution in [2.75, 3.05) is 29.6 Å². The quantitative estimate of drug-likeness (QED) is 0.210. The standard InChI is InChI=1S/C24H27N5O7S3/c1-11-5-15(28-39(4,34)35)7-13(12(11)2)6-14-9-37-22-16(21(31)29(22)20(14)23(32)33)8-18(30)19(27-36-3)17-10-38-24(25)26-17/h5,7,10,16,22,28H,6,8-9H2,1-4H3,(H2,25,26)(H,32,33)/b27-19-/t16-,22-/m1/s1. The number of carbonyl (C=O) groups excluding carboxylic acids is 2. The highest BCUT2D eigenvalue weighted by atomic mass is 32.2. The molecule has 2 aliphatic rings. The maximum atomic E-state index is 13.2. The number of Topliss-reactive ketones (excluding diaryl/α,β-unsaturated/α-hetero) is 1. The van der Waals surface area contributed by atoms with Crippen LogP contribution in [0.15, 0.2) is 33.9 Å². The Balaban J connectivity index is 1.58. The summed E-state index contributed by atoms with van der Waals surface area (Å²) in [4.78, 5) is 48.7. The van der Waals surface area contributed by atoms with Crippen LogP contribution in [0.1, 0.15) is 28.8 Å². The van der Waals surface area contributed by atoms with Crippen LogP contribution in [0.25, 0.3) is 0 Å². The lowest BCUT2D eigenvalue weighted by atomic mass is 9.88. The van der Waals surface area contributed by atoms with Gasteiger partial charge in [-0.25, -0.2) is 18.2 Å². The van der Waals surface area contributed by atoms with Crippen LogP contribution in [0.2, 0.25) is 0 Å². The minimum atomic E-state index is -3.50. The van der Waals surface area contributed by atoms with Crippen LogP contribution in [0, 0.1) is 19.8 Å². The normalized spacial score (nSPS) is 19.4. The summed E-state index contributed by atoms with van der Waals surface area (Å²) in [6, 6.07) is 3.38. The number of carboxylic acid groups (broad SMARTS) is 1.